The third-order valence-corrected chi connectivity index (χ3v) is 3.87. The van der Waals surface area contributed by atoms with Crippen molar-refractivity contribution < 1.29 is 9.52 Å². The number of nitrogens with one attached hydrogen (secondary N) is 1. The van der Waals surface area contributed by atoms with E-state index >= 15 is 0 Å². The maximum absolute atomic E-state index is 9.35. The largest absolute Gasteiger partial charge is 0.506 e. The monoisotopic (exact) mass is 277 g/mol. The number of halogens is 1. The van der Waals surface area contributed by atoms with Crippen LogP contribution >= 0.6 is 11.6 Å². The van der Waals surface area contributed by atoms with Gasteiger partial charge in [-0.25, -0.2) is 0 Å². The van der Waals surface area contributed by atoms with Gasteiger partial charge in [0.15, 0.2) is 0 Å². The highest BCUT2D eigenvalue weighted by Gasteiger charge is 2.36. The van der Waals surface area contributed by atoms with Gasteiger partial charge in [-0.2, -0.15) is 0 Å². The molecule has 1 saturated carbocycles. The Labute approximate surface area is 117 Å². The molecule has 19 heavy (non-hydrogen) atoms. The molecule has 2 unspecified atom stereocenters. The van der Waals surface area contributed by atoms with Crippen LogP contribution in [0.15, 0.2) is 34.7 Å². The number of phenols is 1. The summed E-state index contributed by atoms with van der Waals surface area (Å²) in [6.45, 7) is 2.85. The van der Waals surface area contributed by atoms with Crippen molar-refractivity contribution in [3.63, 3.8) is 0 Å². The zero-order valence-electron chi connectivity index (χ0n) is 10.7. The molecule has 2 atom stereocenters. The molecule has 0 bridgehead atoms. The molecule has 0 amide bonds. The number of aromatic hydroxyl groups is 1. The van der Waals surface area contributed by atoms with Crippen LogP contribution < -0.4 is 5.32 Å². The number of benzene rings is 1. The molecule has 4 heteroatoms. The summed E-state index contributed by atoms with van der Waals surface area (Å²) >= 11 is 5.85. The van der Waals surface area contributed by atoms with E-state index in [1.165, 1.54) is 6.42 Å². The number of hydrogen-bond acceptors (Lipinski definition) is 3. The minimum absolute atomic E-state index is 0.0928. The zero-order chi connectivity index (χ0) is 13.4. The standard InChI is InChI=1S/C15H16ClNO2/c1-9-6-12(9)15-5-3-11(19-15)8-17-10-2-4-14(18)13(16)7-10/h2-5,7,9,12,17-18H,6,8H2,1H3. The summed E-state index contributed by atoms with van der Waals surface area (Å²) in [6.07, 6.45) is 1.23. The maximum atomic E-state index is 9.35. The van der Waals surface area contributed by atoms with E-state index in [0.717, 1.165) is 23.1 Å². The molecule has 1 aromatic carbocycles. The Morgan fingerprint density at radius 1 is 1.37 bits per heavy atom. The molecule has 0 aliphatic heterocycles. The van der Waals surface area contributed by atoms with Crippen molar-refractivity contribution in [2.24, 2.45) is 5.92 Å². The molecule has 1 aliphatic carbocycles. The lowest BCUT2D eigenvalue weighted by molar-refractivity contribution is 0.468. The van der Waals surface area contributed by atoms with Gasteiger partial charge in [0.25, 0.3) is 0 Å². The van der Waals surface area contributed by atoms with Gasteiger partial charge >= 0.3 is 0 Å². The van der Waals surface area contributed by atoms with E-state index in [1.54, 1.807) is 18.2 Å². The summed E-state index contributed by atoms with van der Waals surface area (Å²) in [6, 6.07) is 9.13. The van der Waals surface area contributed by atoms with E-state index in [9.17, 15) is 5.11 Å². The van der Waals surface area contributed by atoms with E-state index in [2.05, 4.69) is 18.3 Å². The molecule has 1 heterocycles. The molecule has 1 fully saturated rings. The predicted molar refractivity (Wildman–Crippen MR) is 75.7 cm³/mol. The number of phenolic OH excluding ortho intramolecular Hbond substituents is 1. The Kier molecular flexibility index (Phi) is 3.15. The van der Waals surface area contributed by atoms with Gasteiger partial charge in [-0.15, -0.1) is 0 Å². The number of hydrogen-bond donors (Lipinski definition) is 2. The first-order chi connectivity index (χ1) is 9.13. The van der Waals surface area contributed by atoms with Crippen molar-refractivity contribution in [1.82, 2.24) is 0 Å². The molecule has 2 N–H and O–H groups in total. The fourth-order valence-electron chi connectivity index (χ4n) is 2.21. The smallest absolute Gasteiger partial charge is 0.134 e. The normalized spacial score (nSPS) is 21.4. The first-order valence-corrected chi connectivity index (χ1v) is 6.82. The van der Waals surface area contributed by atoms with Crippen LogP contribution in [-0.4, -0.2) is 5.11 Å². The van der Waals surface area contributed by atoms with E-state index in [0.29, 0.717) is 17.5 Å². The maximum Gasteiger partial charge on any atom is 0.134 e. The highest BCUT2D eigenvalue weighted by Crippen LogP contribution is 2.47. The number of furan rings is 1. The average Bonchev–Trinajstić information content (AvgIpc) is 2.94. The van der Waals surface area contributed by atoms with Crippen molar-refractivity contribution in [2.45, 2.75) is 25.8 Å². The Balaban J connectivity index is 1.62. The minimum atomic E-state index is 0.0928. The minimum Gasteiger partial charge on any atom is -0.506 e. The molecule has 3 rings (SSSR count). The van der Waals surface area contributed by atoms with Gasteiger partial charge in [0.1, 0.15) is 17.3 Å². The fourth-order valence-corrected chi connectivity index (χ4v) is 2.39. The second kappa shape index (κ2) is 4.82. The molecule has 3 nitrogen and oxygen atoms in total. The van der Waals surface area contributed by atoms with Gasteiger partial charge in [0.2, 0.25) is 0 Å². The van der Waals surface area contributed by atoms with Crippen molar-refractivity contribution in [2.75, 3.05) is 5.32 Å². The van der Waals surface area contributed by atoms with Crippen LogP contribution in [0.4, 0.5) is 5.69 Å². The lowest BCUT2D eigenvalue weighted by Gasteiger charge is -2.05. The van der Waals surface area contributed by atoms with Gasteiger partial charge < -0.3 is 14.8 Å². The third-order valence-electron chi connectivity index (χ3n) is 3.57. The van der Waals surface area contributed by atoms with Gasteiger partial charge in [-0.1, -0.05) is 18.5 Å². The second-order valence-electron chi connectivity index (χ2n) is 5.14. The molecular formula is C15H16ClNO2. The lowest BCUT2D eigenvalue weighted by atomic mass is 10.3. The van der Waals surface area contributed by atoms with Crippen LogP contribution in [0.5, 0.6) is 5.75 Å². The predicted octanol–water partition coefficient (Wildman–Crippen LogP) is 4.37. The van der Waals surface area contributed by atoms with Gasteiger partial charge in [-0.3, -0.25) is 0 Å². The average molecular weight is 278 g/mol. The summed E-state index contributed by atoms with van der Waals surface area (Å²) in [7, 11) is 0. The van der Waals surface area contributed by atoms with Gasteiger partial charge in [0.05, 0.1) is 11.6 Å². The van der Waals surface area contributed by atoms with Crippen molar-refractivity contribution >= 4 is 17.3 Å². The van der Waals surface area contributed by atoms with Crippen LogP contribution in [0.1, 0.15) is 30.8 Å². The lowest BCUT2D eigenvalue weighted by Crippen LogP contribution is -1.97. The summed E-state index contributed by atoms with van der Waals surface area (Å²) in [5.74, 6) is 3.46. The quantitative estimate of drug-likeness (QED) is 0.816. The van der Waals surface area contributed by atoms with Gasteiger partial charge in [-0.05, 0) is 42.7 Å². The first-order valence-electron chi connectivity index (χ1n) is 6.44. The molecule has 0 saturated heterocycles. The fraction of sp³-hybridized carbons (Fsp3) is 0.333. The molecule has 0 spiro atoms. The molecule has 2 aromatic rings. The summed E-state index contributed by atoms with van der Waals surface area (Å²) in [5, 5.41) is 12.9. The summed E-state index contributed by atoms with van der Waals surface area (Å²) < 4.78 is 5.81. The van der Waals surface area contributed by atoms with Crippen LogP contribution in [-0.2, 0) is 6.54 Å². The molecular weight excluding hydrogens is 262 g/mol. The Bertz CT molecular complexity index is 594. The SMILES string of the molecule is CC1CC1c1ccc(CNc2ccc(O)c(Cl)c2)o1. The summed E-state index contributed by atoms with van der Waals surface area (Å²) in [5.41, 5.74) is 0.862. The Hall–Kier alpha value is -1.61. The molecule has 1 aromatic heterocycles. The Morgan fingerprint density at radius 3 is 2.84 bits per heavy atom. The topological polar surface area (TPSA) is 45.4 Å². The van der Waals surface area contributed by atoms with E-state index in [-0.39, 0.29) is 5.75 Å². The molecule has 1 aliphatic rings. The van der Waals surface area contributed by atoms with Crippen LogP contribution in [0.2, 0.25) is 5.02 Å². The molecule has 0 radical (unpaired) electrons. The van der Waals surface area contributed by atoms with Crippen LogP contribution in [0, 0.1) is 5.92 Å². The van der Waals surface area contributed by atoms with E-state index in [1.807, 2.05) is 6.07 Å². The Morgan fingerprint density at radius 2 is 2.16 bits per heavy atom. The van der Waals surface area contributed by atoms with Crippen molar-refractivity contribution in [1.29, 1.82) is 0 Å². The second-order valence-corrected chi connectivity index (χ2v) is 5.55. The summed E-state index contributed by atoms with van der Waals surface area (Å²) in [4.78, 5) is 0. The first kappa shape index (κ1) is 12.4. The van der Waals surface area contributed by atoms with E-state index in [4.69, 9.17) is 16.0 Å². The highest BCUT2D eigenvalue weighted by molar-refractivity contribution is 6.32. The van der Waals surface area contributed by atoms with Crippen molar-refractivity contribution in [3.8, 4) is 5.75 Å². The highest BCUT2D eigenvalue weighted by atomic mass is 35.5. The van der Waals surface area contributed by atoms with Gasteiger partial charge in [0, 0.05) is 11.6 Å². The van der Waals surface area contributed by atoms with Crippen LogP contribution in [0.25, 0.3) is 0 Å². The third kappa shape index (κ3) is 2.71. The van der Waals surface area contributed by atoms with Crippen molar-refractivity contribution in [3.05, 3.63) is 46.9 Å². The number of anilines is 1. The van der Waals surface area contributed by atoms with E-state index < -0.39 is 0 Å². The molecule has 100 valence electrons. The zero-order valence-corrected chi connectivity index (χ0v) is 11.4. The number of rotatable bonds is 4. The van der Waals surface area contributed by atoms with Crippen LogP contribution in [0.3, 0.4) is 0 Å².